The van der Waals surface area contributed by atoms with E-state index in [9.17, 15) is 13.2 Å². The van der Waals surface area contributed by atoms with Crippen molar-refractivity contribution in [1.82, 2.24) is 14.1 Å². The van der Waals surface area contributed by atoms with Crippen molar-refractivity contribution in [3.8, 4) is 0 Å². The molecule has 1 aliphatic carbocycles. The molecular formula is C20H39N3O4S. The maximum Gasteiger partial charge on any atom is 0.410 e. The lowest BCUT2D eigenvalue weighted by Gasteiger charge is -2.36. The minimum absolute atomic E-state index is 0.195. The van der Waals surface area contributed by atoms with E-state index in [0.29, 0.717) is 19.6 Å². The van der Waals surface area contributed by atoms with Crippen LogP contribution in [-0.2, 0) is 14.8 Å². The molecule has 0 atom stereocenters. The Balaban J connectivity index is 1.68. The number of nitrogens with zero attached hydrogens (tertiary/aromatic N) is 3. The Bertz CT molecular complexity index is 589. The molecule has 0 radical (unpaired) electrons. The Morgan fingerprint density at radius 2 is 1.64 bits per heavy atom. The van der Waals surface area contributed by atoms with Gasteiger partial charge in [0.1, 0.15) is 5.60 Å². The van der Waals surface area contributed by atoms with Crippen molar-refractivity contribution in [2.24, 2.45) is 0 Å². The van der Waals surface area contributed by atoms with E-state index >= 15 is 0 Å². The molecule has 28 heavy (non-hydrogen) atoms. The molecule has 0 bridgehead atoms. The standard InChI is InChI=1S/C20H39N3O4S/c1-20(2,3)27-19(24)22-16-14-21(15-17-22)12-8-9-13-23(28(4,25)26)18-10-6-5-7-11-18/h18H,5-17H2,1-4H3. The van der Waals surface area contributed by atoms with Crippen molar-refractivity contribution >= 4 is 16.1 Å². The van der Waals surface area contributed by atoms with E-state index in [4.69, 9.17) is 4.74 Å². The second-order valence-electron chi connectivity index (χ2n) is 9.18. The Morgan fingerprint density at radius 3 is 2.18 bits per heavy atom. The Hall–Kier alpha value is -0.860. The average molecular weight is 418 g/mol. The number of hydrogen-bond acceptors (Lipinski definition) is 5. The van der Waals surface area contributed by atoms with E-state index in [1.807, 2.05) is 20.8 Å². The highest BCUT2D eigenvalue weighted by Gasteiger charge is 2.28. The van der Waals surface area contributed by atoms with E-state index in [2.05, 4.69) is 4.90 Å². The van der Waals surface area contributed by atoms with Crippen LogP contribution in [0.5, 0.6) is 0 Å². The van der Waals surface area contributed by atoms with Gasteiger partial charge in [-0.05, 0) is 53.0 Å². The molecule has 2 rings (SSSR count). The molecule has 1 heterocycles. The summed E-state index contributed by atoms with van der Waals surface area (Å²) < 4.78 is 31.6. The van der Waals surface area contributed by atoms with Gasteiger partial charge in [-0.15, -0.1) is 0 Å². The molecule has 0 N–H and O–H groups in total. The normalized spacial score (nSPS) is 20.5. The summed E-state index contributed by atoms with van der Waals surface area (Å²) in [6.45, 7) is 10.3. The van der Waals surface area contributed by atoms with Gasteiger partial charge in [-0.2, -0.15) is 4.31 Å². The molecule has 1 amide bonds. The number of carbonyl (C=O) groups excluding carboxylic acids is 1. The quantitative estimate of drug-likeness (QED) is 0.596. The van der Waals surface area contributed by atoms with Crippen molar-refractivity contribution in [2.45, 2.75) is 77.4 Å². The second kappa shape index (κ2) is 10.3. The van der Waals surface area contributed by atoms with Crippen LogP contribution in [0.1, 0.15) is 65.7 Å². The fraction of sp³-hybridized carbons (Fsp3) is 0.950. The highest BCUT2D eigenvalue weighted by molar-refractivity contribution is 7.88. The van der Waals surface area contributed by atoms with Crippen LogP contribution in [-0.4, -0.2) is 85.8 Å². The van der Waals surface area contributed by atoms with Crippen LogP contribution >= 0.6 is 0 Å². The topological polar surface area (TPSA) is 70.2 Å². The van der Waals surface area contributed by atoms with Gasteiger partial charge in [0.15, 0.2) is 0 Å². The molecule has 0 spiro atoms. The lowest BCUT2D eigenvalue weighted by molar-refractivity contribution is 0.0144. The van der Waals surface area contributed by atoms with Gasteiger partial charge in [-0.25, -0.2) is 13.2 Å². The zero-order valence-electron chi connectivity index (χ0n) is 18.2. The van der Waals surface area contributed by atoms with Crippen LogP contribution in [0.2, 0.25) is 0 Å². The Kier molecular flexibility index (Phi) is 8.58. The van der Waals surface area contributed by atoms with Crippen molar-refractivity contribution in [1.29, 1.82) is 0 Å². The van der Waals surface area contributed by atoms with Gasteiger partial charge in [0.05, 0.1) is 6.26 Å². The largest absolute Gasteiger partial charge is 0.444 e. The van der Waals surface area contributed by atoms with Crippen LogP contribution in [0.25, 0.3) is 0 Å². The molecule has 8 heteroatoms. The average Bonchev–Trinajstić information content (AvgIpc) is 2.60. The first kappa shape index (κ1) is 23.4. The zero-order valence-corrected chi connectivity index (χ0v) is 19.0. The van der Waals surface area contributed by atoms with E-state index < -0.39 is 15.6 Å². The summed E-state index contributed by atoms with van der Waals surface area (Å²) in [5.74, 6) is 0. The zero-order chi connectivity index (χ0) is 20.8. The highest BCUT2D eigenvalue weighted by atomic mass is 32.2. The summed E-state index contributed by atoms with van der Waals surface area (Å²) in [5, 5.41) is 0. The van der Waals surface area contributed by atoms with E-state index in [-0.39, 0.29) is 12.1 Å². The molecule has 2 aliphatic rings. The van der Waals surface area contributed by atoms with E-state index in [1.165, 1.54) is 12.7 Å². The molecule has 1 saturated heterocycles. The monoisotopic (exact) mass is 417 g/mol. The van der Waals surface area contributed by atoms with Gasteiger partial charge < -0.3 is 9.64 Å². The van der Waals surface area contributed by atoms with Gasteiger partial charge in [0.2, 0.25) is 10.0 Å². The maximum absolute atomic E-state index is 12.2. The van der Waals surface area contributed by atoms with Gasteiger partial charge in [-0.1, -0.05) is 19.3 Å². The molecule has 164 valence electrons. The summed E-state index contributed by atoms with van der Waals surface area (Å²) in [6, 6.07) is 0.195. The fourth-order valence-corrected chi connectivity index (χ4v) is 5.28. The lowest BCUT2D eigenvalue weighted by Crippen LogP contribution is -2.50. The number of unbranched alkanes of at least 4 members (excludes halogenated alkanes) is 1. The summed E-state index contributed by atoms with van der Waals surface area (Å²) in [4.78, 5) is 16.3. The van der Waals surface area contributed by atoms with Crippen LogP contribution in [0.15, 0.2) is 0 Å². The van der Waals surface area contributed by atoms with Crippen LogP contribution in [0.4, 0.5) is 4.79 Å². The highest BCUT2D eigenvalue weighted by Crippen LogP contribution is 2.24. The summed E-state index contributed by atoms with van der Waals surface area (Å²) in [6.07, 6.45) is 8.47. The van der Waals surface area contributed by atoms with Gasteiger partial charge in [-0.3, -0.25) is 4.90 Å². The van der Waals surface area contributed by atoms with Crippen LogP contribution < -0.4 is 0 Å². The maximum atomic E-state index is 12.2. The summed E-state index contributed by atoms with van der Waals surface area (Å²) in [7, 11) is -3.14. The van der Waals surface area contributed by atoms with Crippen molar-refractivity contribution in [3.05, 3.63) is 0 Å². The molecule has 1 saturated carbocycles. The number of hydrogen-bond donors (Lipinski definition) is 0. The number of sulfonamides is 1. The number of amides is 1. The van der Waals surface area contributed by atoms with Crippen LogP contribution in [0.3, 0.4) is 0 Å². The van der Waals surface area contributed by atoms with Crippen molar-refractivity contribution < 1.29 is 17.9 Å². The third kappa shape index (κ3) is 7.87. The molecule has 7 nitrogen and oxygen atoms in total. The molecule has 0 unspecified atom stereocenters. The SMILES string of the molecule is CC(C)(C)OC(=O)N1CCN(CCCCN(C2CCCCC2)S(C)(=O)=O)CC1. The number of carbonyl (C=O) groups is 1. The predicted octanol–water partition coefficient (Wildman–Crippen LogP) is 2.91. The first-order chi connectivity index (χ1) is 13.1. The fourth-order valence-electron chi connectivity index (χ4n) is 4.07. The van der Waals surface area contributed by atoms with Crippen molar-refractivity contribution in [2.75, 3.05) is 45.5 Å². The predicted molar refractivity (Wildman–Crippen MR) is 112 cm³/mol. The minimum atomic E-state index is -3.14. The Labute approximate surface area is 171 Å². The molecule has 0 aromatic heterocycles. The number of piperazine rings is 1. The first-order valence-electron chi connectivity index (χ1n) is 10.7. The smallest absolute Gasteiger partial charge is 0.410 e. The van der Waals surface area contributed by atoms with Crippen LogP contribution in [0, 0.1) is 0 Å². The third-order valence-corrected chi connectivity index (χ3v) is 6.87. The minimum Gasteiger partial charge on any atom is -0.444 e. The molecule has 1 aliphatic heterocycles. The first-order valence-corrected chi connectivity index (χ1v) is 12.6. The number of ether oxygens (including phenoxy) is 1. The summed E-state index contributed by atoms with van der Waals surface area (Å²) >= 11 is 0. The molecule has 0 aromatic rings. The summed E-state index contributed by atoms with van der Waals surface area (Å²) in [5.41, 5.74) is -0.460. The van der Waals surface area contributed by atoms with Gasteiger partial charge in [0.25, 0.3) is 0 Å². The van der Waals surface area contributed by atoms with E-state index in [1.54, 1.807) is 9.21 Å². The number of rotatable bonds is 7. The van der Waals surface area contributed by atoms with Gasteiger partial charge >= 0.3 is 6.09 Å². The molecule has 2 fully saturated rings. The van der Waals surface area contributed by atoms with E-state index in [0.717, 1.165) is 58.2 Å². The second-order valence-corrected chi connectivity index (χ2v) is 11.1. The molecular weight excluding hydrogens is 378 g/mol. The van der Waals surface area contributed by atoms with Crippen molar-refractivity contribution in [3.63, 3.8) is 0 Å². The lowest BCUT2D eigenvalue weighted by atomic mass is 9.95. The third-order valence-electron chi connectivity index (χ3n) is 5.53. The molecule has 0 aromatic carbocycles. The van der Waals surface area contributed by atoms with Gasteiger partial charge in [0, 0.05) is 38.8 Å². The Morgan fingerprint density at radius 1 is 1.04 bits per heavy atom.